The standard InChI is InChI=1S/C25H35N3O3/c1-18(21-10-6-14-26-15-7-11-21)19(2)24(29)23-13-12-22-16-27(23)25(30)28(22)31-17-20-8-4-3-5-9-20/h3-5,8-9,19,21-23,26H,1,6-7,10-17H2,2H3/t19?,22-,23+/m1/s1. The third kappa shape index (κ3) is 4.85. The molecule has 3 aliphatic rings. The maximum absolute atomic E-state index is 13.4. The SMILES string of the molecule is C=C(C1CCCNCCC1)C(C)C(=O)[C@@H]1CC[C@@H]2CN1C(=O)N2OCc1ccccc1. The second-order valence-electron chi connectivity index (χ2n) is 9.20. The number of fused-ring (bicyclic) bond motifs is 2. The first kappa shape index (κ1) is 22.0. The number of hydrogen-bond donors (Lipinski definition) is 1. The van der Waals surface area contributed by atoms with Gasteiger partial charge in [-0.2, -0.15) is 5.06 Å². The van der Waals surface area contributed by atoms with Crippen LogP contribution in [-0.4, -0.2) is 53.5 Å². The lowest BCUT2D eigenvalue weighted by molar-refractivity contribution is -0.140. The first-order chi connectivity index (χ1) is 15.1. The molecule has 3 atom stereocenters. The van der Waals surface area contributed by atoms with Gasteiger partial charge in [0.15, 0.2) is 5.78 Å². The predicted octanol–water partition coefficient (Wildman–Crippen LogP) is 3.93. The lowest BCUT2D eigenvalue weighted by atomic mass is 9.79. The zero-order valence-electron chi connectivity index (χ0n) is 18.6. The van der Waals surface area contributed by atoms with Crippen LogP contribution in [0.15, 0.2) is 42.5 Å². The van der Waals surface area contributed by atoms with E-state index in [0.29, 0.717) is 25.5 Å². The first-order valence-electron chi connectivity index (χ1n) is 11.8. The number of urea groups is 1. The van der Waals surface area contributed by atoms with E-state index in [2.05, 4.69) is 11.9 Å². The number of ketones is 1. The molecule has 6 nitrogen and oxygen atoms in total. The van der Waals surface area contributed by atoms with Crippen molar-refractivity contribution in [3.8, 4) is 0 Å². The summed E-state index contributed by atoms with van der Waals surface area (Å²) in [7, 11) is 0. The molecule has 3 saturated heterocycles. The molecular weight excluding hydrogens is 390 g/mol. The largest absolute Gasteiger partial charge is 0.344 e. The van der Waals surface area contributed by atoms with Crippen LogP contribution < -0.4 is 5.32 Å². The third-order valence-electron chi connectivity index (χ3n) is 7.18. The topological polar surface area (TPSA) is 61.9 Å². The van der Waals surface area contributed by atoms with Gasteiger partial charge in [-0.1, -0.05) is 49.4 Å². The highest BCUT2D eigenvalue weighted by molar-refractivity contribution is 5.92. The molecule has 1 unspecified atom stereocenters. The van der Waals surface area contributed by atoms with Crippen LogP contribution in [0.1, 0.15) is 51.0 Å². The molecule has 2 bridgehead atoms. The second kappa shape index (κ2) is 9.96. The summed E-state index contributed by atoms with van der Waals surface area (Å²) in [4.78, 5) is 34.1. The van der Waals surface area contributed by atoms with Crippen molar-refractivity contribution in [2.24, 2.45) is 11.8 Å². The lowest BCUT2D eigenvalue weighted by Crippen LogP contribution is -2.47. The molecule has 2 amide bonds. The van der Waals surface area contributed by atoms with E-state index in [-0.39, 0.29) is 29.8 Å². The summed E-state index contributed by atoms with van der Waals surface area (Å²) >= 11 is 0. The predicted molar refractivity (Wildman–Crippen MR) is 120 cm³/mol. The zero-order valence-corrected chi connectivity index (χ0v) is 18.6. The van der Waals surface area contributed by atoms with Crippen molar-refractivity contribution in [3.05, 3.63) is 48.0 Å². The van der Waals surface area contributed by atoms with Crippen molar-refractivity contribution in [2.45, 2.75) is 64.1 Å². The highest BCUT2D eigenvalue weighted by Gasteiger charge is 2.48. The Hall–Kier alpha value is -2.18. The number of nitrogens with one attached hydrogen (secondary N) is 1. The van der Waals surface area contributed by atoms with Crippen LogP contribution in [-0.2, 0) is 16.2 Å². The molecule has 3 heterocycles. The van der Waals surface area contributed by atoms with Crippen LogP contribution in [0.25, 0.3) is 0 Å². The van der Waals surface area contributed by atoms with E-state index in [4.69, 9.17) is 4.84 Å². The number of Topliss-reactive ketones (excluding diaryl/α,β-unsaturated/α-hetero) is 1. The summed E-state index contributed by atoms with van der Waals surface area (Å²) in [5.74, 6) is 0.324. The Bertz CT molecular complexity index is 788. The molecule has 1 aromatic carbocycles. The summed E-state index contributed by atoms with van der Waals surface area (Å²) in [6.07, 6.45) is 5.90. The molecule has 0 saturated carbocycles. The average molecular weight is 426 g/mol. The van der Waals surface area contributed by atoms with Gasteiger partial charge < -0.3 is 10.2 Å². The molecule has 4 rings (SSSR count). The number of piperidine rings is 1. The Morgan fingerprint density at radius 1 is 1.16 bits per heavy atom. The Morgan fingerprint density at radius 3 is 2.58 bits per heavy atom. The number of carbonyl (C=O) groups is 2. The van der Waals surface area contributed by atoms with Gasteiger partial charge >= 0.3 is 6.03 Å². The fourth-order valence-electron chi connectivity index (χ4n) is 5.22. The smallest absolute Gasteiger partial charge is 0.317 e. The summed E-state index contributed by atoms with van der Waals surface area (Å²) in [6, 6.07) is 9.33. The molecule has 3 aliphatic heterocycles. The van der Waals surface area contributed by atoms with E-state index < -0.39 is 0 Å². The van der Waals surface area contributed by atoms with Gasteiger partial charge in [0.1, 0.15) is 6.61 Å². The quantitative estimate of drug-likeness (QED) is 0.673. The number of rotatable bonds is 7. The van der Waals surface area contributed by atoms with E-state index in [0.717, 1.165) is 56.3 Å². The van der Waals surface area contributed by atoms with Crippen molar-refractivity contribution >= 4 is 11.8 Å². The van der Waals surface area contributed by atoms with E-state index in [9.17, 15) is 9.59 Å². The number of benzene rings is 1. The lowest BCUT2D eigenvalue weighted by Gasteiger charge is -2.33. The second-order valence-corrected chi connectivity index (χ2v) is 9.20. The maximum Gasteiger partial charge on any atom is 0.344 e. The van der Waals surface area contributed by atoms with Gasteiger partial charge in [-0.25, -0.2) is 4.79 Å². The van der Waals surface area contributed by atoms with E-state index >= 15 is 0 Å². The summed E-state index contributed by atoms with van der Waals surface area (Å²) in [6.45, 7) is 9.34. The van der Waals surface area contributed by atoms with Gasteiger partial charge in [-0.15, -0.1) is 0 Å². The minimum Gasteiger partial charge on any atom is -0.317 e. The van der Waals surface area contributed by atoms with Gasteiger partial charge in [0, 0.05) is 12.5 Å². The van der Waals surface area contributed by atoms with Crippen LogP contribution in [0, 0.1) is 11.8 Å². The number of allylic oxidation sites excluding steroid dienone is 1. The molecule has 0 spiro atoms. The van der Waals surface area contributed by atoms with Crippen LogP contribution in [0.5, 0.6) is 0 Å². The van der Waals surface area contributed by atoms with Crippen molar-refractivity contribution in [2.75, 3.05) is 19.6 Å². The Balaban J connectivity index is 1.37. The third-order valence-corrected chi connectivity index (χ3v) is 7.18. The van der Waals surface area contributed by atoms with Crippen molar-refractivity contribution in [1.82, 2.24) is 15.3 Å². The fraction of sp³-hybridized carbons (Fsp3) is 0.600. The molecule has 31 heavy (non-hydrogen) atoms. The Morgan fingerprint density at radius 2 is 1.87 bits per heavy atom. The van der Waals surface area contributed by atoms with Gasteiger partial charge in [0.05, 0.1) is 12.1 Å². The highest BCUT2D eigenvalue weighted by atomic mass is 16.7. The van der Waals surface area contributed by atoms with Crippen LogP contribution in [0.3, 0.4) is 0 Å². The van der Waals surface area contributed by atoms with Gasteiger partial charge in [0.25, 0.3) is 0 Å². The molecule has 0 aliphatic carbocycles. The Kier molecular flexibility index (Phi) is 7.08. The summed E-state index contributed by atoms with van der Waals surface area (Å²) < 4.78 is 0. The first-order valence-corrected chi connectivity index (χ1v) is 11.8. The maximum atomic E-state index is 13.4. The fourth-order valence-corrected chi connectivity index (χ4v) is 5.22. The number of hydroxylamine groups is 2. The monoisotopic (exact) mass is 425 g/mol. The van der Waals surface area contributed by atoms with Crippen molar-refractivity contribution in [1.29, 1.82) is 0 Å². The van der Waals surface area contributed by atoms with E-state index in [1.165, 1.54) is 5.06 Å². The molecular formula is C25H35N3O3. The zero-order chi connectivity index (χ0) is 21.8. The van der Waals surface area contributed by atoms with Crippen LogP contribution in [0.2, 0.25) is 0 Å². The number of nitrogens with zero attached hydrogens (tertiary/aromatic N) is 2. The summed E-state index contributed by atoms with van der Waals surface area (Å²) in [5.41, 5.74) is 2.08. The van der Waals surface area contributed by atoms with E-state index in [1.54, 1.807) is 4.90 Å². The molecule has 168 valence electrons. The minimum atomic E-state index is -0.365. The van der Waals surface area contributed by atoms with Gasteiger partial charge in [-0.05, 0) is 63.1 Å². The minimum absolute atomic E-state index is 0.0249. The van der Waals surface area contributed by atoms with Crippen LogP contribution in [0.4, 0.5) is 4.79 Å². The molecule has 1 aromatic rings. The highest BCUT2D eigenvalue weighted by Crippen LogP contribution is 2.35. The normalized spacial score (nSPS) is 25.8. The molecule has 0 radical (unpaired) electrons. The van der Waals surface area contributed by atoms with Crippen LogP contribution >= 0.6 is 0 Å². The number of hydrogen-bond acceptors (Lipinski definition) is 4. The number of amides is 2. The molecule has 3 fully saturated rings. The molecule has 1 N–H and O–H groups in total. The van der Waals surface area contributed by atoms with E-state index in [1.807, 2.05) is 37.3 Å². The van der Waals surface area contributed by atoms with Crippen molar-refractivity contribution in [3.63, 3.8) is 0 Å². The van der Waals surface area contributed by atoms with Crippen molar-refractivity contribution < 1.29 is 14.4 Å². The average Bonchev–Trinajstić information content (AvgIpc) is 3.01. The molecule has 6 heteroatoms. The van der Waals surface area contributed by atoms with Gasteiger partial charge in [0.2, 0.25) is 0 Å². The summed E-state index contributed by atoms with van der Waals surface area (Å²) in [5, 5.41) is 4.94. The Labute approximate surface area is 185 Å². The van der Waals surface area contributed by atoms with Gasteiger partial charge in [-0.3, -0.25) is 9.63 Å². The molecule has 0 aromatic heterocycles. The number of carbonyl (C=O) groups excluding carboxylic acids is 2.